The number of hydrogen-bond acceptors (Lipinski definition) is 3. The lowest BCUT2D eigenvalue weighted by Gasteiger charge is -2.02. The summed E-state index contributed by atoms with van der Waals surface area (Å²) in [6, 6.07) is 7.19. The first-order chi connectivity index (χ1) is 7.25. The minimum absolute atomic E-state index is 0.0376. The van der Waals surface area contributed by atoms with Gasteiger partial charge in [-0.1, -0.05) is 22.0 Å². The first kappa shape index (κ1) is 9.92. The second-order valence-corrected chi connectivity index (χ2v) is 3.70. The maximum atomic E-state index is 11.3. The molecule has 1 aromatic carbocycles. The van der Waals surface area contributed by atoms with E-state index >= 15 is 0 Å². The van der Waals surface area contributed by atoms with Crippen LogP contribution in [0.15, 0.2) is 45.9 Å². The third kappa shape index (κ3) is 2.44. The van der Waals surface area contributed by atoms with Gasteiger partial charge < -0.3 is 9.72 Å². The second kappa shape index (κ2) is 4.27. The highest BCUT2D eigenvalue weighted by Crippen LogP contribution is 2.20. The van der Waals surface area contributed by atoms with E-state index in [1.165, 1.54) is 12.4 Å². The van der Waals surface area contributed by atoms with Gasteiger partial charge >= 0.3 is 5.56 Å². The summed E-state index contributed by atoms with van der Waals surface area (Å²) in [6.07, 6.45) is 2.92. The van der Waals surface area contributed by atoms with Crippen molar-refractivity contribution in [3.63, 3.8) is 0 Å². The molecule has 5 heteroatoms. The Bertz CT molecular complexity index is 525. The highest BCUT2D eigenvalue weighted by molar-refractivity contribution is 9.10. The van der Waals surface area contributed by atoms with E-state index in [0.717, 1.165) is 4.47 Å². The molecular formula is C10H7BrN2O2. The molecule has 0 aliphatic rings. The third-order valence-corrected chi connectivity index (χ3v) is 2.18. The van der Waals surface area contributed by atoms with E-state index in [-0.39, 0.29) is 11.4 Å². The number of aromatic amines is 1. The zero-order valence-corrected chi connectivity index (χ0v) is 9.19. The van der Waals surface area contributed by atoms with Crippen molar-refractivity contribution in [3.05, 3.63) is 51.5 Å². The molecule has 1 aromatic heterocycles. The summed E-state index contributed by atoms with van der Waals surface area (Å²) in [5.41, 5.74) is -0.350. The number of aromatic nitrogens is 2. The van der Waals surface area contributed by atoms with E-state index in [0.29, 0.717) is 5.75 Å². The summed E-state index contributed by atoms with van der Waals surface area (Å²) < 4.78 is 6.19. The van der Waals surface area contributed by atoms with Crippen LogP contribution in [0.1, 0.15) is 0 Å². The highest BCUT2D eigenvalue weighted by atomic mass is 79.9. The van der Waals surface area contributed by atoms with Crippen LogP contribution in [0.25, 0.3) is 0 Å². The van der Waals surface area contributed by atoms with Crippen LogP contribution in [-0.4, -0.2) is 9.97 Å². The molecule has 0 amide bonds. The zero-order valence-electron chi connectivity index (χ0n) is 7.61. The molecule has 0 aliphatic carbocycles. The van der Waals surface area contributed by atoms with Crippen LogP contribution >= 0.6 is 15.9 Å². The van der Waals surface area contributed by atoms with Crippen molar-refractivity contribution in [2.75, 3.05) is 0 Å². The number of hydrogen-bond donors (Lipinski definition) is 1. The smallest absolute Gasteiger partial charge is 0.311 e. The van der Waals surface area contributed by atoms with E-state index in [1.807, 2.05) is 12.1 Å². The fourth-order valence-corrected chi connectivity index (χ4v) is 1.43. The molecule has 1 heterocycles. The van der Waals surface area contributed by atoms with Crippen LogP contribution in [0.4, 0.5) is 0 Å². The fraction of sp³-hybridized carbons (Fsp3) is 0. The summed E-state index contributed by atoms with van der Waals surface area (Å²) in [5, 5.41) is 0. The standard InChI is InChI=1S/C10H7BrN2O2/c11-7-2-1-3-8(6-7)15-10-9(14)12-4-5-13-10/h1-6H,(H,12,14). The summed E-state index contributed by atoms with van der Waals surface area (Å²) in [6.45, 7) is 0. The topological polar surface area (TPSA) is 55.0 Å². The van der Waals surface area contributed by atoms with Crippen molar-refractivity contribution < 1.29 is 4.74 Å². The lowest BCUT2D eigenvalue weighted by atomic mass is 10.3. The van der Waals surface area contributed by atoms with E-state index < -0.39 is 0 Å². The Labute approximate surface area is 94.1 Å². The second-order valence-electron chi connectivity index (χ2n) is 2.78. The Morgan fingerprint density at radius 2 is 2.27 bits per heavy atom. The summed E-state index contributed by atoms with van der Waals surface area (Å²) in [5.74, 6) is 0.601. The van der Waals surface area contributed by atoms with Gasteiger partial charge in [-0.05, 0) is 18.2 Å². The molecule has 0 unspecified atom stereocenters. The van der Waals surface area contributed by atoms with Crippen LogP contribution in [0, 0.1) is 0 Å². The maximum absolute atomic E-state index is 11.3. The minimum atomic E-state index is -0.350. The molecule has 0 fully saturated rings. The molecule has 2 aromatic rings. The summed E-state index contributed by atoms with van der Waals surface area (Å²) in [4.78, 5) is 17.6. The van der Waals surface area contributed by atoms with Gasteiger partial charge in [0.25, 0.3) is 5.88 Å². The number of rotatable bonds is 2. The largest absolute Gasteiger partial charge is 0.435 e. The van der Waals surface area contributed by atoms with Gasteiger partial charge in [-0.3, -0.25) is 4.79 Å². The lowest BCUT2D eigenvalue weighted by Crippen LogP contribution is -2.09. The number of halogens is 1. The van der Waals surface area contributed by atoms with Gasteiger partial charge in [-0.25, -0.2) is 4.98 Å². The van der Waals surface area contributed by atoms with Crippen molar-refractivity contribution in [1.82, 2.24) is 9.97 Å². The molecule has 1 N–H and O–H groups in total. The molecule has 4 nitrogen and oxygen atoms in total. The SMILES string of the molecule is O=c1[nH]ccnc1Oc1cccc(Br)c1. The molecule has 0 atom stereocenters. The summed E-state index contributed by atoms with van der Waals surface area (Å²) >= 11 is 3.31. The maximum Gasteiger partial charge on any atom is 0.311 e. The van der Waals surface area contributed by atoms with Crippen LogP contribution in [0.2, 0.25) is 0 Å². The Kier molecular flexibility index (Phi) is 2.82. The Balaban J connectivity index is 2.30. The van der Waals surface area contributed by atoms with E-state index in [2.05, 4.69) is 25.9 Å². The van der Waals surface area contributed by atoms with Gasteiger partial charge in [0.1, 0.15) is 5.75 Å². The Morgan fingerprint density at radius 1 is 1.40 bits per heavy atom. The fourth-order valence-electron chi connectivity index (χ4n) is 1.05. The van der Waals surface area contributed by atoms with Gasteiger partial charge in [0.2, 0.25) is 0 Å². The van der Waals surface area contributed by atoms with Gasteiger partial charge in [0.05, 0.1) is 0 Å². The van der Waals surface area contributed by atoms with E-state index in [1.54, 1.807) is 12.1 Å². The Morgan fingerprint density at radius 3 is 3.00 bits per heavy atom. The van der Waals surface area contributed by atoms with Crippen LogP contribution in [-0.2, 0) is 0 Å². The molecule has 0 aliphatic heterocycles. The minimum Gasteiger partial charge on any atom is -0.435 e. The van der Waals surface area contributed by atoms with Crippen molar-refractivity contribution in [3.8, 4) is 11.6 Å². The predicted molar refractivity (Wildman–Crippen MR) is 59.1 cm³/mol. The quantitative estimate of drug-likeness (QED) is 0.908. The molecule has 0 bridgehead atoms. The predicted octanol–water partition coefficient (Wildman–Crippen LogP) is 2.32. The normalized spacial score (nSPS) is 9.93. The summed E-state index contributed by atoms with van der Waals surface area (Å²) in [7, 11) is 0. The van der Waals surface area contributed by atoms with E-state index in [9.17, 15) is 4.79 Å². The highest BCUT2D eigenvalue weighted by Gasteiger charge is 2.02. The number of nitrogens with zero attached hydrogens (tertiary/aromatic N) is 1. The average Bonchev–Trinajstić information content (AvgIpc) is 2.22. The number of benzene rings is 1. The first-order valence-corrected chi connectivity index (χ1v) is 5.02. The van der Waals surface area contributed by atoms with Crippen molar-refractivity contribution in [2.24, 2.45) is 0 Å². The average molecular weight is 267 g/mol. The van der Waals surface area contributed by atoms with Gasteiger partial charge in [0, 0.05) is 16.9 Å². The molecule has 15 heavy (non-hydrogen) atoms. The molecular weight excluding hydrogens is 260 g/mol. The van der Waals surface area contributed by atoms with Gasteiger partial charge in [-0.2, -0.15) is 0 Å². The zero-order chi connectivity index (χ0) is 10.7. The van der Waals surface area contributed by atoms with Crippen LogP contribution < -0.4 is 10.3 Å². The van der Waals surface area contributed by atoms with Gasteiger partial charge in [-0.15, -0.1) is 0 Å². The van der Waals surface area contributed by atoms with Crippen molar-refractivity contribution in [1.29, 1.82) is 0 Å². The number of ether oxygens (including phenoxy) is 1. The molecule has 0 radical (unpaired) electrons. The molecule has 0 saturated heterocycles. The lowest BCUT2D eigenvalue weighted by molar-refractivity contribution is 0.454. The van der Waals surface area contributed by atoms with Crippen molar-refractivity contribution >= 4 is 15.9 Å². The molecule has 0 spiro atoms. The first-order valence-electron chi connectivity index (χ1n) is 4.23. The number of H-pyrrole nitrogens is 1. The van der Waals surface area contributed by atoms with Crippen LogP contribution in [0.3, 0.4) is 0 Å². The Hall–Kier alpha value is -1.62. The molecule has 2 rings (SSSR count). The molecule has 0 saturated carbocycles. The third-order valence-electron chi connectivity index (χ3n) is 1.69. The van der Waals surface area contributed by atoms with Crippen LogP contribution in [0.5, 0.6) is 11.6 Å². The monoisotopic (exact) mass is 266 g/mol. The number of nitrogens with one attached hydrogen (secondary N) is 1. The molecule has 76 valence electrons. The van der Waals surface area contributed by atoms with Gasteiger partial charge in [0.15, 0.2) is 0 Å². The van der Waals surface area contributed by atoms with E-state index in [4.69, 9.17) is 4.74 Å². The van der Waals surface area contributed by atoms with Crippen molar-refractivity contribution in [2.45, 2.75) is 0 Å².